The van der Waals surface area contributed by atoms with Crippen LogP contribution in [0.2, 0.25) is 0 Å². The number of likely N-dealkylation sites (tertiary alicyclic amines) is 1. The minimum absolute atomic E-state index is 0.0774. The van der Waals surface area contributed by atoms with Crippen LogP contribution in [-0.4, -0.2) is 36.5 Å². The topological polar surface area (TPSA) is 32.3 Å². The lowest BCUT2D eigenvalue weighted by Gasteiger charge is -2.43. The van der Waals surface area contributed by atoms with Gasteiger partial charge in [-0.1, -0.05) is 11.6 Å². The number of aryl methyl sites for hydroxylation is 1. The first-order valence-electron chi connectivity index (χ1n) is 7.22. The van der Waals surface area contributed by atoms with Gasteiger partial charge < -0.3 is 5.32 Å². The van der Waals surface area contributed by atoms with Gasteiger partial charge in [-0.3, -0.25) is 9.69 Å². The van der Waals surface area contributed by atoms with Crippen molar-refractivity contribution in [2.24, 2.45) is 5.92 Å². The third-order valence-corrected chi connectivity index (χ3v) is 5.28. The quantitative estimate of drug-likeness (QED) is 0.846. The van der Waals surface area contributed by atoms with E-state index in [0.29, 0.717) is 12.0 Å². The molecule has 20 heavy (non-hydrogen) atoms. The van der Waals surface area contributed by atoms with E-state index in [0.717, 1.165) is 30.1 Å². The molecule has 1 atom stereocenters. The number of nitrogens with zero attached hydrogens (tertiary/aromatic N) is 1. The van der Waals surface area contributed by atoms with Crippen molar-refractivity contribution in [3.8, 4) is 0 Å². The molecule has 1 N–H and O–H groups in total. The molecule has 4 heteroatoms. The van der Waals surface area contributed by atoms with Gasteiger partial charge >= 0.3 is 0 Å². The molecule has 0 saturated carbocycles. The Bertz CT molecular complexity index is 500. The molecule has 1 aromatic heterocycles. The van der Waals surface area contributed by atoms with Gasteiger partial charge in [-0.05, 0) is 44.7 Å². The fourth-order valence-electron chi connectivity index (χ4n) is 2.51. The van der Waals surface area contributed by atoms with Crippen molar-refractivity contribution in [3.05, 3.63) is 33.5 Å². The molecule has 1 amide bonds. The van der Waals surface area contributed by atoms with Crippen LogP contribution < -0.4 is 5.32 Å². The van der Waals surface area contributed by atoms with Crippen LogP contribution in [0.4, 0.5) is 0 Å². The molecule has 1 fully saturated rings. The van der Waals surface area contributed by atoms with Crippen molar-refractivity contribution >= 4 is 17.2 Å². The number of amides is 1. The maximum absolute atomic E-state index is 12.0. The summed E-state index contributed by atoms with van der Waals surface area (Å²) >= 11 is 1.52. The Balaban J connectivity index is 1.73. The summed E-state index contributed by atoms with van der Waals surface area (Å²) in [4.78, 5) is 15.3. The van der Waals surface area contributed by atoms with E-state index >= 15 is 0 Å². The Labute approximate surface area is 125 Å². The maximum atomic E-state index is 12.0. The van der Waals surface area contributed by atoms with E-state index in [4.69, 9.17) is 0 Å². The van der Waals surface area contributed by atoms with Crippen LogP contribution in [0.5, 0.6) is 0 Å². The third-order valence-electron chi connectivity index (χ3n) is 4.27. The maximum Gasteiger partial charge on any atom is 0.261 e. The lowest BCUT2D eigenvalue weighted by Crippen LogP contribution is -2.54. The first kappa shape index (κ1) is 15.3. The van der Waals surface area contributed by atoms with Crippen LogP contribution >= 0.6 is 11.3 Å². The minimum atomic E-state index is 0.0774. The molecule has 2 rings (SSSR count). The summed E-state index contributed by atoms with van der Waals surface area (Å²) in [5, 5.41) is 5.03. The van der Waals surface area contributed by atoms with Gasteiger partial charge in [0.1, 0.15) is 0 Å². The molecule has 0 spiro atoms. The number of carbonyl (C=O) groups is 1. The van der Waals surface area contributed by atoms with Gasteiger partial charge in [0.25, 0.3) is 5.91 Å². The number of rotatable bonds is 5. The zero-order valence-electron chi connectivity index (χ0n) is 12.8. The predicted octanol–water partition coefficient (Wildman–Crippen LogP) is 3.07. The highest BCUT2D eigenvalue weighted by Crippen LogP contribution is 2.22. The van der Waals surface area contributed by atoms with Crippen LogP contribution in [0, 0.1) is 12.8 Å². The second-order valence-electron chi connectivity index (χ2n) is 5.67. The summed E-state index contributed by atoms with van der Waals surface area (Å²) in [7, 11) is 0. The van der Waals surface area contributed by atoms with E-state index in [1.165, 1.54) is 16.9 Å². The Morgan fingerprint density at radius 2 is 2.30 bits per heavy atom. The van der Waals surface area contributed by atoms with Gasteiger partial charge in [-0.15, -0.1) is 11.3 Å². The van der Waals surface area contributed by atoms with E-state index in [2.05, 4.69) is 37.1 Å². The van der Waals surface area contributed by atoms with Crippen molar-refractivity contribution in [2.45, 2.75) is 33.7 Å². The summed E-state index contributed by atoms with van der Waals surface area (Å²) in [5.74, 6) is 0.667. The number of hydrogen-bond donors (Lipinski definition) is 1. The van der Waals surface area contributed by atoms with E-state index in [-0.39, 0.29) is 5.91 Å². The molecule has 0 bridgehead atoms. The zero-order valence-corrected chi connectivity index (χ0v) is 13.6. The van der Waals surface area contributed by atoms with Crippen LogP contribution in [0.25, 0.3) is 0 Å². The standard InChI is InChI=1S/C16H24N2OS/c1-5-11(2)13(4)18-9-14(10-18)8-17-16(19)15-12(3)6-7-20-15/h5-7,13-14H,8-10H2,1-4H3,(H,17,19)/b11-5-. The number of hydrogen-bond acceptors (Lipinski definition) is 3. The average molecular weight is 292 g/mol. The Morgan fingerprint density at radius 3 is 2.85 bits per heavy atom. The minimum Gasteiger partial charge on any atom is -0.351 e. The largest absolute Gasteiger partial charge is 0.351 e. The first-order valence-corrected chi connectivity index (χ1v) is 8.10. The lowest BCUT2D eigenvalue weighted by molar-refractivity contribution is 0.0692. The molecule has 0 aliphatic carbocycles. The normalized spacial score (nSPS) is 18.7. The lowest BCUT2D eigenvalue weighted by atomic mass is 9.95. The fourth-order valence-corrected chi connectivity index (χ4v) is 3.35. The smallest absolute Gasteiger partial charge is 0.261 e. The second kappa shape index (κ2) is 6.55. The van der Waals surface area contributed by atoms with Crippen LogP contribution in [0.3, 0.4) is 0 Å². The van der Waals surface area contributed by atoms with Gasteiger partial charge in [0.15, 0.2) is 0 Å². The second-order valence-corrected chi connectivity index (χ2v) is 6.59. The molecule has 1 aromatic rings. The number of nitrogens with one attached hydrogen (secondary N) is 1. The van der Waals surface area contributed by atoms with Gasteiger partial charge in [0.05, 0.1) is 4.88 Å². The number of thiophene rings is 1. The molecule has 1 saturated heterocycles. The Hall–Kier alpha value is -1.13. The van der Waals surface area contributed by atoms with E-state index < -0.39 is 0 Å². The highest BCUT2D eigenvalue weighted by Gasteiger charge is 2.30. The average Bonchev–Trinajstić information content (AvgIpc) is 2.81. The molecule has 1 unspecified atom stereocenters. The summed E-state index contributed by atoms with van der Waals surface area (Å²) < 4.78 is 0. The molecule has 0 radical (unpaired) electrons. The van der Waals surface area contributed by atoms with Crippen LogP contribution in [-0.2, 0) is 0 Å². The van der Waals surface area contributed by atoms with Crippen LogP contribution in [0.1, 0.15) is 36.0 Å². The highest BCUT2D eigenvalue weighted by molar-refractivity contribution is 7.12. The summed E-state index contributed by atoms with van der Waals surface area (Å²) in [5.41, 5.74) is 2.49. The van der Waals surface area contributed by atoms with E-state index in [9.17, 15) is 4.79 Å². The van der Waals surface area contributed by atoms with Gasteiger partial charge in [-0.25, -0.2) is 0 Å². The molecular formula is C16H24N2OS. The van der Waals surface area contributed by atoms with E-state index in [1.54, 1.807) is 0 Å². The van der Waals surface area contributed by atoms with Crippen molar-refractivity contribution in [2.75, 3.05) is 19.6 Å². The first-order chi connectivity index (χ1) is 9.52. The zero-order chi connectivity index (χ0) is 14.7. The monoisotopic (exact) mass is 292 g/mol. The third kappa shape index (κ3) is 3.30. The highest BCUT2D eigenvalue weighted by atomic mass is 32.1. The van der Waals surface area contributed by atoms with Crippen molar-refractivity contribution in [1.29, 1.82) is 0 Å². The summed E-state index contributed by atoms with van der Waals surface area (Å²) in [6.07, 6.45) is 2.18. The Morgan fingerprint density at radius 1 is 1.60 bits per heavy atom. The molecule has 1 aliphatic heterocycles. The molecule has 110 valence electrons. The van der Waals surface area contributed by atoms with Gasteiger partial charge in [-0.2, -0.15) is 0 Å². The molecule has 0 aromatic carbocycles. The summed E-state index contributed by atoms with van der Waals surface area (Å²) in [6.45, 7) is 11.4. The fraction of sp³-hybridized carbons (Fsp3) is 0.562. The van der Waals surface area contributed by atoms with Crippen molar-refractivity contribution in [1.82, 2.24) is 10.2 Å². The summed E-state index contributed by atoms with van der Waals surface area (Å²) in [6, 6.07) is 2.51. The van der Waals surface area contributed by atoms with Crippen molar-refractivity contribution < 1.29 is 4.79 Å². The van der Waals surface area contributed by atoms with Gasteiger partial charge in [0, 0.05) is 31.6 Å². The number of allylic oxidation sites excluding steroid dienone is 1. The Kier molecular flexibility index (Phi) is 5.00. The molecule has 2 heterocycles. The molecule has 1 aliphatic rings. The predicted molar refractivity (Wildman–Crippen MR) is 85.3 cm³/mol. The number of carbonyl (C=O) groups excluding carboxylic acids is 1. The van der Waals surface area contributed by atoms with Crippen molar-refractivity contribution in [3.63, 3.8) is 0 Å². The SMILES string of the molecule is C/C=C(/C)C(C)N1CC(CNC(=O)c2sccc2C)C1. The molecular weight excluding hydrogens is 268 g/mol. The van der Waals surface area contributed by atoms with E-state index in [1.807, 2.05) is 18.4 Å². The molecule has 3 nitrogen and oxygen atoms in total. The van der Waals surface area contributed by atoms with Gasteiger partial charge in [0.2, 0.25) is 0 Å². The van der Waals surface area contributed by atoms with Crippen LogP contribution in [0.15, 0.2) is 23.1 Å².